The van der Waals surface area contributed by atoms with Crippen LogP contribution in [0.3, 0.4) is 0 Å². The first-order valence-electron chi connectivity index (χ1n) is 8.24. The van der Waals surface area contributed by atoms with Gasteiger partial charge in [0.05, 0.1) is 5.75 Å². The minimum Gasteiger partial charge on any atom is -0.361 e. The van der Waals surface area contributed by atoms with E-state index in [2.05, 4.69) is 32.7 Å². The zero-order valence-corrected chi connectivity index (χ0v) is 17.9. The summed E-state index contributed by atoms with van der Waals surface area (Å²) in [5.41, 5.74) is 2.42. The van der Waals surface area contributed by atoms with E-state index in [4.69, 9.17) is 0 Å². The van der Waals surface area contributed by atoms with Crippen molar-refractivity contribution in [1.82, 2.24) is 15.6 Å². The van der Waals surface area contributed by atoms with Gasteiger partial charge in [-0.15, -0.1) is 24.0 Å². The number of halogens is 1. The van der Waals surface area contributed by atoms with Crippen LogP contribution in [-0.4, -0.2) is 51.0 Å². The molecule has 1 aromatic carbocycles. The molecular formula is C17H27IN4O2S. The maximum absolute atomic E-state index is 11.1. The van der Waals surface area contributed by atoms with Crippen LogP contribution < -0.4 is 10.6 Å². The van der Waals surface area contributed by atoms with Crippen LogP contribution in [0.2, 0.25) is 0 Å². The fraction of sp³-hybridized carbons (Fsp3) is 0.471. The Labute approximate surface area is 166 Å². The van der Waals surface area contributed by atoms with E-state index in [1.165, 1.54) is 17.2 Å². The molecule has 6 nitrogen and oxygen atoms in total. The quantitative estimate of drug-likeness (QED) is 0.235. The lowest BCUT2D eigenvalue weighted by atomic mass is 10.1. The lowest BCUT2D eigenvalue weighted by Gasteiger charge is -2.11. The predicted octanol–water partition coefficient (Wildman–Crippen LogP) is 2.32. The zero-order chi connectivity index (χ0) is 17.4. The highest BCUT2D eigenvalue weighted by Crippen LogP contribution is 2.17. The van der Waals surface area contributed by atoms with Gasteiger partial charge in [-0.25, -0.2) is 8.42 Å². The van der Waals surface area contributed by atoms with E-state index < -0.39 is 9.84 Å². The van der Waals surface area contributed by atoms with Crippen molar-refractivity contribution in [3.8, 4) is 0 Å². The predicted molar refractivity (Wildman–Crippen MR) is 116 cm³/mol. The van der Waals surface area contributed by atoms with Gasteiger partial charge >= 0.3 is 0 Å². The van der Waals surface area contributed by atoms with Crippen molar-refractivity contribution in [3.63, 3.8) is 0 Å². The van der Waals surface area contributed by atoms with Crippen LogP contribution in [0.4, 0.5) is 0 Å². The van der Waals surface area contributed by atoms with Crippen molar-refractivity contribution in [1.29, 1.82) is 0 Å². The summed E-state index contributed by atoms with van der Waals surface area (Å²) >= 11 is 0. The van der Waals surface area contributed by atoms with Crippen LogP contribution in [0.15, 0.2) is 35.5 Å². The van der Waals surface area contributed by atoms with Gasteiger partial charge in [0.1, 0.15) is 9.84 Å². The number of guanidine groups is 1. The molecule has 3 N–H and O–H groups in total. The molecule has 1 heterocycles. The summed E-state index contributed by atoms with van der Waals surface area (Å²) in [5, 5.41) is 7.72. The first kappa shape index (κ1) is 21.8. The van der Waals surface area contributed by atoms with Crippen molar-refractivity contribution in [2.24, 2.45) is 4.99 Å². The summed E-state index contributed by atoms with van der Waals surface area (Å²) in [7, 11) is -2.92. The summed E-state index contributed by atoms with van der Waals surface area (Å²) in [6.07, 6.45) is 4.72. The lowest BCUT2D eigenvalue weighted by molar-refractivity contribution is 0.599. The molecule has 140 valence electrons. The fourth-order valence-electron chi connectivity index (χ4n) is 2.51. The Bertz CT molecular complexity index is 787. The second-order valence-electron chi connectivity index (χ2n) is 5.78. The summed E-state index contributed by atoms with van der Waals surface area (Å²) < 4.78 is 22.3. The number of rotatable bonds is 8. The van der Waals surface area contributed by atoms with E-state index >= 15 is 0 Å². The minimum atomic E-state index is -2.92. The minimum absolute atomic E-state index is 0. The molecule has 0 saturated heterocycles. The highest BCUT2D eigenvalue weighted by Gasteiger charge is 2.04. The highest BCUT2D eigenvalue weighted by molar-refractivity contribution is 14.0. The van der Waals surface area contributed by atoms with Crippen molar-refractivity contribution >= 4 is 50.7 Å². The Morgan fingerprint density at radius 1 is 1.24 bits per heavy atom. The average Bonchev–Trinajstić information content (AvgIpc) is 2.94. The normalized spacial score (nSPS) is 12.0. The first-order valence-corrected chi connectivity index (χ1v) is 10.3. The Balaban J connectivity index is 0.00000312. The van der Waals surface area contributed by atoms with Crippen LogP contribution in [0.1, 0.15) is 18.9 Å². The molecule has 0 saturated carbocycles. The third-order valence-electron chi connectivity index (χ3n) is 3.65. The fourth-order valence-corrected chi connectivity index (χ4v) is 3.17. The number of para-hydroxylation sites is 1. The smallest absolute Gasteiger partial charge is 0.191 e. The molecule has 1 aromatic heterocycles. The number of H-pyrrole nitrogens is 1. The average molecular weight is 478 g/mol. The molecule has 0 fully saturated rings. The van der Waals surface area contributed by atoms with E-state index in [9.17, 15) is 8.42 Å². The number of aliphatic imine (C=N–C) groups is 1. The van der Waals surface area contributed by atoms with E-state index in [0.29, 0.717) is 13.0 Å². The van der Waals surface area contributed by atoms with Crippen LogP contribution in [-0.2, 0) is 16.3 Å². The molecule has 25 heavy (non-hydrogen) atoms. The zero-order valence-electron chi connectivity index (χ0n) is 14.7. The third-order valence-corrected chi connectivity index (χ3v) is 4.68. The monoisotopic (exact) mass is 478 g/mol. The number of benzene rings is 1. The molecule has 0 aliphatic rings. The Hall–Kier alpha value is -1.29. The number of aromatic nitrogens is 1. The molecule has 0 atom stereocenters. The van der Waals surface area contributed by atoms with Gasteiger partial charge in [-0.2, -0.15) is 0 Å². The maximum atomic E-state index is 11.1. The number of nitrogens with one attached hydrogen (secondary N) is 3. The number of fused-ring (bicyclic) bond motifs is 1. The number of aromatic amines is 1. The summed E-state index contributed by atoms with van der Waals surface area (Å²) in [4.78, 5) is 7.70. The number of nitrogens with zero attached hydrogens (tertiary/aromatic N) is 1. The van der Waals surface area contributed by atoms with E-state index in [1.54, 1.807) is 0 Å². The van der Waals surface area contributed by atoms with Gasteiger partial charge < -0.3 is 15.6 Å². The molecule has 0 aliphatic heterocycles. The topological polar surface area (TPSA) is 86.3 Å². The maximum Gasteiger partial charge on any atom is 0.191 e. The molecule has 0 spiro atoms. The number of sulfone groups is 1. The van der Waals surface area contributed by atoms with Crippen LogP contribution in [0.25, 0.3) is 10.9 Å². The largest absolute Gasteiger partial charge is 0.361 e. The molecule has 0 bridgehead atoms. The van der Waals surface area contributed by atoms with Gasteiger partial charge in [0.2, 0.25) is 0 Å². The van der Waals surface area contributed by atoms with Gasteiger partial charge in [0.15, 0.2) is 5.96 Å². The van der Waals surface area contributed by atoms with E-state index in [1.807, 2.05) is 25.3 Å². The van der Waals surface area contributed by atoms with Crippen molar-refractivity contribution in [2.45, 2.75) is 19.8 Å². The van der Waals surface area contributed by atoms with Crippen molar-refractivity contribution in [2.75, 3.05) is 31.6 Å². The lowest BCUT2D eigenvalue weighted by Crippen LogP contribution is -2.38. The van der Waals surface area contributed by atoms with Gasteiger partial charge in [0, 0.05) is 43.0 Å². The molecule has 2 aromatic rings. The Morgan fingerprint density at radius 2 is 2.00 bits per heavy atom. The summed E-state index contributed by atoms with van der Waals surface area (Å²) in [6, 6.07) is 8.25. The van der Waals surface area contributed by atoms with E-state index in [0.717, 1.165) is 31.0 Å². The second kappa shape index (κ2) is 10.6. The van der Waals surface area contributed by atoms with Crippen molar-refractivity contribution in [3.05, 3.63) is 36.0 Å². The summed E-state index contributed by atoms with van der Waals surface area (Å²) in [5.74, 6) is 0.900. The number of hydrogen-bond acceptors (Lipinski definition) is 3. The van der Waals surface area contributed by atoms with Gasteiger partial charge in [0.25, 0.3) is 0 Å². The van der Waals surface area contributed by atoms with Crippen LogP contribution in [0, 0.1) is 0 Å². The third kappa shape index (κ3) is 7.64. The molecule has 0 amide bonds. The molecule has 0 unspecified atom stereocenters. The van der Waals surface area contributed by atoms with Gasteiger partial charge in [-0.05, 0) is 31.4 Å². The molecule has 0 radical (unpaired) electrons. The van der Waals surface area contributed by atoms with Crippen LogP contribution >= 0.6 is 24.0 Å². The molecule has 0 aliphatic carbocycles. The Morgan fingerprint density at radius 3 is 2.72 bits per heavy atom. The van der Waals surface area contributed by atoms with E-state index in [-0.39, 0.29) is 29.7 Å². The Kier molecular flexibility index (Phi) is 9.26. The standard InChI is InChI=1S/C17H26N4O2S.HI/c1-3-18-17(19-10-6-12-24(2,22)23)20-11-9-14-13-21-16-8-5-4-7-15(14)16;/h4-5,7-8,13,21H,3,6,9-12H2,1-2H3,(H2,18,19,20);1H. The summed E-state index contributed by atoms with van der Waals surface area (Å²) in [6.45, 7) is 4.04. The first-order chi connectivity index (χ1) is 11.5. The van der Waals surface area contributed by atoms with Gasteiger partial charge in [-0.1, -0.05) is 18.2 Å². The molecule has 2 rings (SSSR count). The number of hydrogen-bond donors (Lipinski definition) is 3. The SMILES string of the molecule is CCNC(=NCCCS(C)(=O)=O)NCCc1c[nH]c2ccccc12.I. The molecule has 8 heteroatoms. The van der Waals surface area contributed by atoms with Crippen LogP contribution in [0.5, 0.6) is 0 Å². The highest BCUT2D eigenvalue weighted by atomic mass is 127. The van der Waals surface area contributed by atoms with Gasteiger partial charge in [-0.3, -0.25) is 4.99 Å². The second-order valence-corrected chi connectivity index (χ2v) is 8.04. The van der Waals surface area contributed by atoms with Crippen molar-refractivity contribution < 1.29 is 8.42 Å². The molecular weight excluding hydrogens is 451 g/mol.